The summed E-state index contributed by atoms with van der Waals surface area (Å²) in [6, 6.07) is 12.3. The van der Waals surface area contributed by atoms with E-state index in [4.69, 9.17) is 22.1 Å². The molecule has 2 aliphatic rings. The van der Waals surface area contributed by atoms with Crippen molar-refractivity contribution in [2.24, 2.45) is 4.99 Å². The zero-order chi connectivity index (χ0) is 23.5. The molecule has 2 aromatic carbocycles. The van der Waals surface area contributed by atoms with Gasteiger partial charge in [-0.1, -0.05) is 11.6 Å². The number of nitrogens with one attached hydrogen (secondary N) is 3. The van der Waals surface area contributed by atoms with E-state index in [1.165, 1.54) is 10.7 Å². The van der Waals surface area contributed by atoms with Gasteiger partial charge < -0.3 is 31.3 Å². The van der Waals surface area contributed by atoms with Gasteiger partial charge in [0.2, 0.25) is 11.9 Å². The highest BCUT2D eigenvalue weighted by Gasteiger charge is 2.18. The van der Waals surface area contributed by atoms with E-state index in [2.05, 4.69) is 35.9 Å². The van der Waals surface area contributed by atoms with Crippen LogP contribution in [0.5, 0.6) is 0 Å². The first-order chi connectivity index (χ1) is 16.5. The summed E-state index contributed by atoms with van der Waals surface area (Å²) in [6.07, 6.45) is 3.08. The van der Waals surface area contributed by atoms with E-state index in [9.17, 15) is 4.39 Å². The first-order valence-corrected chi connectivity index (χ1v) is 11.1. The van der Waals surface area contributed by atoms with Crippen LogP contribution in [0.25, 0.3) is 5.82 Å². The van der Waals surface area contributed by atoms with E-state index in [0.717, 1.165) is 24.5 Å². The van der Waals surface area contributed by atoms with Crippen molar-refractivity contribution in [2.75, 3.05) is 47.6 Å². The highest BCUT2D eigenvalue weighted by molar-refractivity contribution is 6.30. The Bertz CT molecular complexity index is 1220. The van der Waals surface area contributed by atoms with E-state index >= 15 is 0 Å². The molecule has 1 saturated heterocycles. The Morgan fingerprint density at radius 2 is 1.94 bits per heavy atom. The molecule has 3 heterocycles. The lowest BCUT2D eigenvalue weighted by molar-refractivity contribution is 0.122. The van der Waals surface area contributed by atoms with Crippen LogP contribution >= 0.6 is 11.6 Å². The van der Waals surface area contributed by atoms with Gasteiger partial charge in [0.25, 0.3) is 0 Å². The van der Waals surface area contributed by atoms with Crippen LogP contribution in [0, 0.1) is 5.82 Å². The summed E-state index contributed by atoms with van der Waals surface area (Å²) in [5.74, 6) is 0.326. The zero-order valence-corrected chi connectivity index (χ0v) is 18.8. The minimum Gasteiger partial charge on any atom is -0.378 e. The molecule has 12 heteroatoms. The average molecular weight is 484 g/mol. The van der Waals surface area contributed by atoms with E-state index in [-0.39, 0.29) is 23.7 Å². The molecular weight excluding hydrogens is 461 g/mol. The van der Waals surface area contributed by atoms with Crippen molar-refractivity contribution in [3.63, 3.8) is 0 Å². The van der Waals surface area contributed by atoms with Gasteiger partial charge in [0.1, 0.15) is 12.0 Å². The number of ether oxygens (including phenoxy) is 1. The molecule has 0 radical (unpaired) electrons. The van der Waals surface area contributed by atoms with Crippen LogP contribution in [-0.4, -0.2) is 53.6 Å². The highest BCUT2D eigenvalue weighted by Crippen LogP contribution is 2.26. The number of hydrogen-bond donors (Lipinski definition) is 4. The second kappa shape index (κ2) is 9.57. The van der Waals surface area contributed by atoms with Gasteiger partial charge in [0, 0.05) is 35.6 Å². The molecule has 10 nitrogen and oxygen atoms in total. The summed E-state index contributed by atoms with van der Waals surface area (Å²) in [6.45, 7) is 2.72. The van der Waals surface area contributed by atoms with Crippen molar-refractivity contribution in [3.05, 3.63) is 59.4 Å². The molecule has 0 aliphatic carbocycles. The van der Waals surface area contributed by atoms with Crippen LogP contribution in [0.4, 0.5) is 33.3 Å². The Morgan fingerprint density at radius 3 is 2.71 bits per heavy atom. The van der Waals surface area contributed by atoms with Crippen LogP contribution in [0.15, 0.2) is 53.5 Å². The van der Waals surface area contributed by atoms with Gasteiger partial charge >= 0.3 is 0 Å². The first kappa shape index (κ1) is 22.0. The maximum Gasteiger partial charge on any atom is 0.248 e. The minimum atomic E-state index is -0.412. The zero-order valence-electron chi connectivity index (χ0n) is 18.1. The first-order valence-electron chi connectivity index (χ1n) is 10.7. The monoisotopic (exact) mass is 483 g/mol. The van der Waals surface area contributed by atoms with Crippen LogP contribution in [-0.2, 0) is 4.74 Å². The molecule has 1 unspecified atom stereocenters. The number of anilines is 5. The van der Waals surface area contributed by atoms with Crippen molar-refractivity contribution >= 4 is 52.7 Å². The topological polar surface area (TPSA) is 118 Å². The number of aromatic nitrogens is 3. The summed E-state index contributed by atoms with van der Waals surface area (Å²) in [7, 11) is 0. The van der Waals surface area contributed by atoms with E-state index < -0.39 is 5.82 Å². The molecule has 0 bridgehead atoms. The molecule has 0 saturated carbocycles. The fraction of sp³-hybridized carbons (Fsp3) is 0.227. The summed E-state index contributed by atoms with van der Waals surface area (Å²) in [4.78, 5) is 10.6. The number of aliphatic imine (C=N–C) groups is 1. The van der Waals surface area contributed by atoms with Crippen molar-refractivity contribution in [1.29, 1.82) is 0 Å². The van der Waals surface area contributed by atoms with E-state index in [1.54, 1.807) is 30.6 Å². The SMILES string of the molecule is Nc1nc(Nc2ccc(N3CCOCC3)cc2F)nn1C1=CC(Nc2ccc(Cl)cc2)NC=N1. The molecule has 5 rings (SSSR count). The lowest BCUT2D eigenvalue weighted by atomic mass is 10.2. The lowest BCUT2D eigenvalue weighted by Gasteiger charge is -2.29. The maximum absolute atomic E-state index is 14.8. The summed E-state index contributed by atoms with van der Waals surface area (Å²) in [5, 5.41) is 14.3. The number of hydrogen-bond acceptors (Lipinski definition) is 9. The van der Waals surface area contributed by atoms with Crippen LogP contribution in [0.2, 0.25) is 5.02 Å². The highest BCUT2D eigenvalue weighted by atomic mass is 35.5. The quantitative estimate of drug-likeness (QED) is 0.422. The van der Waals surface area contributed by atoms with Gasteiger partial charge in [-0.25, -0.2) is 9.38 Å². The molecule has 5 N–H and O–H groups in total. The standard InChI is InChI=1S/C22H23ClFN9O/c23-14-1-3-15(4-2-14)28-19-12-20(27-13-26-19)33-21(25)30-22(31-33)29-18-6-5-16(11-17(18)24)32-7-9-34-10-8-32/h1-6,11-13,19,28H,7-10H2,(H,26,27)(H3,25,29,30,31). The molecular formula is C22H23ClFN9O. The lowest BCUT2D eigenvalue weighted by Crippen LogP contribution is -2.36. The summed E-state index contributed by atoms with van der Waals surface area (Å²) in [5.41, 5.74) is 7.99. The molecule has 176 valence electrons. The number of nitrogen functional groups attached to an aromatic ring is 1. The Morgan fingerprint density at radius 1 is 1.15 bits per heavy atom. The van der Waals surface area contributed by atoms with Gasteiger partial charge in [0.15, 0.2) is 5.82 Å². The number of nitrogens with two attached hydrogens (primary N) is 1. The number of morpholine rings is 1. The normalized spacial score (nSPS) is 17.8. The molecule has 0 amide bonds. The molecule has 3 aromatic rings. The number of nitrogens with zero attached hydrogens (tertiary/aromatic N) is 5. The number of benzene rings is 2. The second-order valence-electron chi connectivity index (χ2n) is 7.67. The molecule has 1 fully saturated rings. The molecule has 0 spiro atoms. The van der Waals surface area contributed by atoms with E-state index in [0.29, 0.717) is 24.1 Å². The fourth-order valence-electron chi connectivity index (χ4n) is 3.65. The molecule has 1 aromatic heterocycles. The molecule has 2 aliphatic heterocycles. The van der Waals surface area contributed by atoms with Gasteiger partial charge in [0.05, 0.1) is 25.2 Å². The number of halogens is 2. The number of rotatable bonds is 6. The third-order valence-corrected chi connectivity index (χ3v) is 5.61. The van der Waals surface area contributed by atoms with Gasteiger partial charge in [-0.3, -0.25) is 0 Å². The maximum atomic E-state index is 14.8. The van der Waals surface area contributed by atoms with Crippen LogP contribution in [0.3, 0.4) is 0 Å². The van der Waals surface area contributed by atoms with E-state index in [1.807, 2.05) is 18.2 Å². The second-order valence-corrected chi connectivity index (χ2v) is 8.11. The Hall–Kier alpha value is -3.83. The predicted octanol–water partition coefficient (Wildman–Crippen LogP) is 3.10. The smallest absolute Gasteiger partial charge is 0.248 e. The van der Waals surface area contributed by atoms with Gasteiger partial charge in [-0.05, 0) is 42.5 Å². The van der Waals surface area contributed by atoms with Gasteiger partial charge in [-0.15, -0.1) is 5.10 Å². The molecule has 34 heavy (non-hydrogen) atoms. The largest absolute Gasteiger partial charge is 0.378 e. The minimum absolute atomic E-state index is 0.114. The Kier molecular flexibility index (Phi) is 6.19. The Labute approximate surface area is 200 Å². The average Bonchev–Trinajstić information content (AvgIpc) is 3.22. The van der Waals surface area contributed by atoms with Gasteiger partial charge in [-0.2, -0.15) is 9.67 Å². The third kappa shape index (κ3) is 4.90. The Balaban J connectivity index is 1.30. The molecule has 1 atom stereocenters. The van der Waals surface area contributed by atoms with Crippen molar-refractivity contribution in [3.8, 4) is 0 Å². The van der Waals surface area contributed by atoms with Crippen molar-refractivity contribution in [1.82, 2.24) is 20.1 Å². The predicted molar refractivity (Wildman–Crippen MR) is 132 cm³/mol. The summed E-state index contributed by atoms with van der Waals surface area (Å²) >= 11 is 5.94. The van der Waals surface area contributed by atoms with Crippen molar-refractivity contribution in [2.45, 2.75) is 6.17 Å². The summed E-state index contributed by atoms with van der Waals surface area (Å²) < 4.78 is 21.5. The van der Waals surface area contributed by atoms with Crippen molar-refractivity contribution < 1.29 is 9.13 Å². The fourth-order valence-corrected chi connectivity index (χ4v) is 3.77. The third-order valence-electron chi connectivity index (χ3n) is 5.36. The van der Waals surface area contributed by atoms with Crippen LogP contribution in [0.1, 0.15) is 0 Å². The van der Waals surface area contributed by atoms with Crippen LogP contribution < -0.4 is 26.6 Å².